The smallest absolute Gasteiger partial charge is 0.405 e. The second kappa shape index (κ2) is 6.12. The van der Waals surface area contributed by atoms with Gasteiger partial charge in [-0.3, -0.25) is 4.98 Å². The highest BCUT2D eigenvalue weighted by Crippen LogP contribution is 2.19. The molecule has 2 heterocycles. The van der Waals surface area contributed by atoms with Gasteiger partial charge in [0.1, 0.15) is 6.33 Å². The maximum absolute atomic E-state index is 10.3. The van der Waals surface area contributed by atoms with Crippen LogP contribution in [0.1, 0.15) is 5.56 Å². The van der Waals surface area contributed by atoms with E-state index in [1.807, 2.05) is 6.07 Å². The summed E-state index contributed by atoms with van der Waals surface area (Å²) in [5.74, 6) is 5.59. The van der Waals surface area contributed by atoms with Crippen molar-refractivity contribution in [2.24, 2.45) is 0 Å². The molecule has 19 heavy (non-hydrogen) atoms. The minimum atomic E-state index is -1.10. The Morgan fingerprint density at radius 1 is 1.26 bits per heavy atom. The molecule has 2 aromatic heterocycles. The summed E-state index contributed by atoms with van der Waals surface area (Å²) < 4.78 is 0. The fourth-order valence-electron chi connectivity index (χ4n) is 1.44. The van der Waals surface area contributed by atoms with Crippen molar-refractivity contribution in [1.82, 2.24) is 20.3 Å². The van der Waals surface area contributed by atoms with Crippen LogP contribution >= 0.6 is 0 Å². The van der Waals surface area contributed by atoms with E-state index in [0.29, 0.717) is 5.56 Å². The van der Waals surface area contributed by atoms with Crippen molar-refractivity contribution in [3.8, 4) is 23.0 Å². The van der Waals surface area contributed by atoms with Crippen molar-refractivity contribution in [2.75, 3.05) is 6.54 Å². The Bertz CT molecular complexity index is 632. The van der Waals surface area contributed by atoms with Gasteiger partial charge in [-0.2, -0.15) is 0 Å². The number of amides is 1. The summed E-state index contributed by atoms with van der Waals surface area (Å²) in [6.45, 7) is 0.0644. The summed E-state index contributed by atoms with van der Waals surface area (Å²) in [5.41, 5.74) is 2.39. The quantitative estimate of drug-likeness (QED) is 0.785. The lowest BCUT2D eigenvalue weighted by Crippen LogP contribution is -2.20. The third-order valence-corrected chi connectivity index (χ3v) is 2.24. The van der Waals surface area contributed by atoms with Crippen molar-refractivity contribution >= 4 is 6.09 Å². The number of nitrogens with zero attached hydrogens (tertiary/aromatic N) is 3. The fourth-order valence-corrected chi connectivity index (χ4v) is 1.44. The lowest BCUT2D eigenvalue weighted by molar-refractivity contribution is 0.196. The van der Waals surface area contributed by atoms with Gasteiger partial charge in [-0.25, -0.2) is 14.8 Å². The monoisotopic (exact) mass is 254 g/mol. The zero-order valence-electron chi connectivity index (χ0n) is 9.87. The van der Waals surface area contributed by atoms with E-state index in [1.165, 1.54) is 6.33 Å². The van der Waals surface area contributed by atoms with Gasteiger partial charge in [-0.15, -0.1) is 0 Å². The predicted molar refractivity (Wildman–Crippen MR) is 68.2 cm³/mol. The number of carbonyl (C=O) groups is 1. The first-order valence-corrected chi connectivity index (χ1v) is 5.42. The van der Waals surface area contributed by atoms with Crippen LogP contribution in [0.25, 0.3) is 11.1 Å². The fraction of sp³-hybridized carbons (Fsp3) is 0.0769. The first-order valence-electron chi connectivity index (χ1n) is 5.42. The third-order valence-electron chi connectivity index (χ3n) is 2.24. The van der Waals surface area contributed by atoms with Crippen molar-refractivity contribution < 1.29 is 9.90 Å². The molecule has 0 aromatic carbocycles. The Morgan fingerprint density at radius 2 is 2.05 bits per heavy atom. The summed E-state index contributed by atoms with van der Waals surface area (Å²) >= 11 is 0. The maximum atomic E-state index is 10.3. The molecule has 2 N–H and O–H groups in total. The summed E-state index contributed by atoms with van der Waals surface area (Å²) in [6.07, 6.45) is 7.00. The van der Waals surface area contributed by atoms with Gasteiger partial charge in [-0.05, 0) is 6.07 Å². The molecule has 0 bridgehead atoms. The molecule has 0 fully saturated rings. The average Bonchev–Trinajstić information content (AvgIpc) is 2.45. The van der Waals surface area contributed by atoms with Gasteiger partial charge in [0.15, 0.2) is 0 Å². The molecule has 2 aromatic rings. The molecule has 0 aliphatic heterocycles. The van der Waals surface area contributed by atoms with Crippen LogP contribution in [0.15, 0.2) is 37.2 Å². The second-order valence-electron chi connectivity index (χ2n) is 3.51. The number of aromatic nitrogens is 3. The van der Waals surface area contributed by atoms with Crippen LogP contribution in [0.3, 0.4) is 0 Å². The summed E-state index contributed by atoms with van der Waals surface area (Å²) in [4.78, 5) is 22.2. The Kier molecular flexibility index (Phi) is 4.03. The molecule has 94 valence electrons. The Hall–Kier alpha value is -2.94. The van der Waals surface area contributed by atoms with Crippen molar-refractivity contribution in [3.05, 3.63) is 42.7 Å². The molecule has 2 rings (SSSR count). The first-order chi connectivity index (χ1) is 9.27. The van der Waals surface area contributed by atoms with E-state index in [0.717, 1.165) is 11.1 Å². The van der Waals surface area contributed by atoms with Crippen LogP contribution in [0.5, 0.6) is 0 Å². The molecule has 0 aliphatic carbocycles. The Balaban J connectivity index is 2.24. The minimum Gasteiger partial charge on any atom is -0.465 e. The summed E-state index contributed by atoms with van der Waals surface area (Å²) in [7, 11) is 0. The van der Waals surface area contributed by atoms with E-state index in [4.69, 9.17) is 5.11 Å². The molecule has 0 radical (unpaired) electrons. The molecule has 6 heteroatoms. The van der Waals surface area contributed by atoms with E-state index < -0.39 is 6.09 Å². The lowest BCUT2D eigenvalue weighted by Gasteiger charge is -2.02. The molecule has 1 amide bonds. The van der Waals surface area contributed by atoms with Crippen molar-refractivity contribution in [2.45, 2.75) is 0 Å². The van der Waals surface area contributed by atoms with E-state index in [9.17, 15) is 4.79 Å². The van der Waals surface area contributed by atoms with E-state index in [-0.39, 0.29) is 6.54 Å². The molecule has 0 unspecified atom stereocenters. The number of hydrogen-bond acceptors (Lipinski definition) is 4. The highest BCUT2D eigenvalue weighted by molar-refractivity contribution is 5.69. The molecular formula is C13H10N4O2. The van der Waals surface area contributed by atoms with Gasteiger partial charge in [-0.1, -0.05) is 11.8 Å². The van der Waals surface area contributed by atoms with Gasteiger partial charge in [0.05, 0.1) is 12.1 Å². The van der Waals surface area contributed by atoms with Crippen LogP contribution in [0.4, 0.5) is 4.79 Å². The SMILES string of the molecule is O=C(O)NCC#Cc1cnccc1-c1cncnc1. The maximum Gasteiger partial charge on any atom is 0.405 e. The molecule has 0 atom stereocenters. The predicted octanol–water partition coefficient (Wildman–Crippen LogP) is 1.16. The summed E-state index contributed by atoms with van der Waals surface area (Å²) in [5, 5.41) is 10.6. The van der Waals surface area contributed by atoms with E-state index in [1.54, 1.807) is 24.8 Å². The minimum absolute atomic E-state index is 0.0644. The lowest BCUT2D eigenvalue weighted by atomic mass is 10.1. The van der Waals surface area contributed by atoms with Crippen LogP contribution in [0.2, 0.25) is 0 Å². The molecule has 0 saturated carbocycles. The van der Waals surface area contributed by atoms with Gasteiger partial charge in [0.2, 0.25) is 0 Å². The van der Waals surface area contributed by atoms with E-state index in [2.05, 4.69) is 32.1 Å². The first kappa shape index (κ1) is 12.5. The number of carboxylic acid groups (broad SMARTS) is 1. The van der Waals surface area contributed by atoms with Gasteiger partial charge in [0.25, 0.3) is 0 Å². The number of rotatable bonds is 2. The number of pyridine rings is 1. The van der Waals surface area contributed by atoms with Crippen LogP contribution in [0, 0.1) is 11.8 Å². The van der Waals surface area contributed by atoms with Gasteiger partial charge >= 0.3 is 6.09 Å². The third kappa shape index (κ3) is 3.51. The molecular weight excluding hydrogens is 244 g/mol. The Labute approximate surface area is 109 Å². The normalized spacial score (nSPS) is 9.26. The van der Waals surface area contributed by atoms with Crippen LogP contribution < -0.4 is 5.32 Å². The Morgan fingerprint density at radius 3 is 2.79 bits per heavy atom. The zero-order valence-corrected chi connectivity index (χ0v) is 9.87. The second-order valence-corrected chi connectivity index (χ2v) is 3.51. The van der Waals surface area contributed by atoms with Gasteiger partial charge in [0, 0.05) is 35.9 Å². The average molecular weight is 254 g/mol. The zero-order chi connectivity index (χ0) is 13.5. The topological polar surface area (TPSA) is 88.0 Å². The molecule has 6 nitrogen and oxygen atoms in total. The number of hydrogen-bond donors (Lipinski definition) is 2. The molecule has 0 saturated heterocycles. The molecule has 0 spiro atoms. The standard InChI is InChI=1S/C13H10N4O2/c18-13(19)17-4-1-2-10-6-14-5-3-12(10)11-7-15-9-16-8-11/h3,5-9,17H,4H2,(H,18,19). The van der Waals surface area contributed by atoms with Gasteiger partial charge < -0.3 is 10.4 Å². The largest absolute Gasteiger partial charge is 0.465 e. The number of nitrogens with one attached hydrogen (secondary N) is 1. The molecule has 0 aliphatic rings. The highest BCUT2D eigenvalue weighted by Gasteiger charge is 2.03. The van der Waals surface area contributed by atoms with Crippen molar-refractivity contribution in [3.63, 3.8) is 0 Å². The van der Waals surface area contributed by atoms with Crippen LogP contribution in [-0.4, -0.2) is 32.7 Å². The van der Waals surface area contributed by atoms with Crippen LogP contribution in [-0.2, 0) is 0 Å². The van der Waals surface area contributed by atoms with Crippen molar-refractivity contribution in [1.29, 1.82) is 0 Å². The highest BCUT2D eigenvalue weighted by atomic mass is 16.4. The summed E-state index contributed by atoms with van der Waals surface area (Å²) in [6, 6.07) is 1.81. The van der Waals surface area contributed by atoms with E-state index >= 15 is 0 Å².